The van der Waals surface area contributed by atoms with E-state index in [9.17, 15) is 9.59 Å². The van der Waals surface area contributed by atoms with Gasteiger partial charge in [-0.05, 0) is 23.6 Å². The molecular weight excluding hydrogens is 306 g/mol. The summed E-state index contributed by atoms with van der Waals surface area (Å²) >= 11 is 0. The van der Waals surface area contributed by atoms with E-state index in [0.717, 1.165) is 5.69 Å². The molecule has 0 radical (unpaired) electrons. The molecule has 6 heteroatoms. The second kappa shape index (κ2) is 7.21. The summed E-state index contributed by atoms with van der Waals surface area (Å²) in [5.74, 6) is -0.212. The number of nitrogens with zero attached hydrogens (tertiary/aromatic N) is 1. The molecule has 0 aliphatic carbocycles. The minimum Gasteiger partial charge on any atom is -0.379 e. The molecule has 0 saturated carbocycles. The first-order valence-electron chi connectivity index (χ1n) is 8.18. The Bertz CT molecular complexity index is 622. The fourth-order valence-corrected chi connectivity index (χ4v) is 2.74. The summed E-state index contributed by atoms with van der Waals surface area (Å²) in [4.78, 5) is 26.2. The number of amides is 2. The molecule has 1 atom stereocenters. The molecule has 1 heterocycles. The van der Waals surface area contributed by atoms with Gasteiger partial charge in [-0.2, -0.15) is 0 Å². The van der Waals surface area contributed by atoms with Crippen LogP contribution >= 0.6 is 0 Å². The maximum absolute atomic E-state index is 12.4. The lowest BCUT2D eigenvalue weighted by molar-refractivity contribution is -0.115. The third-order valence-corrected chi connectivity index (χ3v) is 4.32. The van der Waals surface area contributed by atoms with Gasteiger partial charge < -0.3 is 20.3 Å². The van der Waals surface area contributed by atoms with Gasteiger partial charge in [0.05, 0.1) is 17.5 Å². The van der Waals surface area contributed by atoms with Gasteiger partial charge in [-0.15, -0.1) is 0 Å². The van der Waals surface area contributed by atoms with Gasteiger partial charge >= 0.3 is 0 Å². The largest absolute Gasteiger partial charge is 0.379 e. The number of methoxy groups -OCH3 is 1. The predicted molar refractivity (Wildman–Crippen MR) is 95.5 cm³/mol. The first kappa shape index (κ1) is 18.3. The van der Waals surface area contributed by atoms with Crippen molar-refractivity contribution in [2.75, 3.05) is 37.5 Å². The van der Waals surface area contributed by atoms with Gasteiger partial charge in [0.15, 0.2) is 0 Å². The van der Waals surface area contributed by atoms with Crippen LogP contribution in [0.4, 0.5) is 11.4 Å². The number of benzene rings is 1. The monoisotopic (exact) mass is 333 g/mol. The fourth-order valence-electron chi connectivity index (χ4n) is 2.74. The number of carbonyl (C=O) groups is 2. The van der Waals surface area contributed by atoms with E-state index in [1.54, 1.807) is 19.2 Å². The molecule has 0 saturated heterocycles. The summed E-state index contributed by atoms with van der Waals surface area (Å²) < 4.78 is 5.46. The van der Waals surface area contributed by atoms with Gasteiger partial charge in [0, 0.05) is 39.2 Å². The maximum atomic E-state index is 12.4. The third-order valence-electron chi connectivity index (χ3n) is 4.32. The van der Waals surface area contributed by atoms with Gasteiger partial charge in [-0.1, -0.05) is 20.8 Å². The van der Waals surface area contributed by atoms with Gasteiger partial charge in [0.25, 0.3) is 5.91 Å². The fraction of sp³-hybridized carbons (Fsp3) is 0.556. The Hall–Kier alpha value is -2.08. The molecule has 0 aromatic heterocycles. The van der Waals surface area contributed by atoms with E-state index >= 15 is 0 Å². The van der Waals surface area contributed by atoms with Gasteiger partial charge in [0.2, 0.25) is 5.91 Å². The minimum atomic E-state index is -0.176. The Kier molecular flexibility index (Phi) is 5.49. The van der Waals surface area contributed by atoms with Crippen molar-refractivity contribution >= 4 is 23.2 Å². The molecule has 0 bridgehead atoms. The van der Waals surface area contributed by atoms with E-state index in [1.165, 1.54) is 0 Å². The highest BCUT2D eigenvalue weighted by molar-refractivity contribution is 6.00. The van der Waals surface area contributed by atoms with Crippen molar-refractivity contribution in [2.24, 2.45) is 5.41 Å². The lowest BCUT2D eigenvalue weighted by Crippen LogP contribution is -2.40. The molecule has 24 heavy (non-hydrogen) atoms. The molecule has 1 aliphatic rings. The molecule has 2 N–H and O–H groups in total. The highest BCUT2D eigenvalue weighted by Crippen LogP contribution is 2.29. The quantitative estimate of drug-likeness (QED) is 0.887. The molecule has 2 amide bonds. The first-order valence-corrected chi connectivity index (χ1v) is 8.18. The van der Waals surface area contributed by atoms with E-state index in [-0.39, 0.29) is 23.3 Å². The number of carbonyl (C=O) groups excluding carboxylic acids is 2. The summed E-state index contributed by atoms with van der Waals surface area (Å²) in [7, 11) is 3.58. The Labute approximate surface area is 143 Å². The molecule has 0 fully saturated rings. The highest BCUT2D eigenvalue weighted by Gasteiger charge is 2.25. The van der Waals surface area contributed by atoms with Crippen LogP contribution in [0.2, 0.25) is 0 Å². The smallest absolute Gasteiger partial charge is 0.251 e. The molecule has 1 aromatic rings. The zero-order chi connectivity index (χ0) is 17.9. The van der Waals surface area contributed by atoms with Crippen LogP contribution in [-0.4, -0.2) is 45.2 Å². The number of nitrogens with one attached hydrogen (secondary N) is 2. The highest BCUT2D eigenvalue weighted by atomic mass is 16.5. The average Bonchev–Trinajstić information content (AvgIpc) is 2.65. The minimum absolute atomic E-state index is 0.0367. The van der Waals surface area contributed by atoms with Crippen LogP contribution in [0.1, 0.15) is 37.6 Å². The summed E-state index contributed by atoms with van der Waals surface area (Å²) in [6.45, 7) is 7.30. The van der Waals surface area contributed by atoms with Crippen LogP contribution < -0.4 is 15.5 Å². The molecule has 0 spiro atoms. The van der Waals surface area contributed by atoms with Crippen molar-refractivity contribution in [1.29, 1.82) is 0 Å². The normalized spacial score (nSPS) is 16.0. The third kappa shape index (κ3) is 4.26. The van der Waals surface area contributed by atoms with Crippen LogP contribution in [0, 0.1) is 5.41 Å². The Morgan fingerprint density at radius 3 is 2.75 bits per heavy atom. The predicted octanol–water partition coefficient (Wildman–Crippen LogP) is 2.26. The van der Waals surface area contributed by atoms with Crippen molar-refractivity contribution in [1.82, 2.24) is 5.32 Å². The molecule has 6 nitrogen and oxygen atoms in total. The van der Waals surface area contributed by atoms with Crippen LogP contribution in [0.5, 0.6) is 0 Å². The molecule has 0 unspecified atom stereocenters. The molecule has 2 rings (SSSR count). The number of hydrogen-bond donors (Lipinski definition) is 2. The van der Waals surface area contributed by atoms with E-state index < -0.39 is 0 Å². The Morgan fingerprint density at radius 2 is 2.12 bits per heavy atom. The summed E-state index contributed by atoms with van der Waals surface area (Å²) in [6.07, 6.45) is 0.362. The van der Waals surface area contributed by atoms with E-state index in [1.807, 2.05) is 18.0 Å². The van der Waals surface area contributed by atoms with Crippen LogP contribution in [0.15, 0.2) is 18.2 Å². The number of rotatable bonds is 4. The van der Waals surface area contributed by atoms with Crippen molar-refractivity contribution in [2.45, 2.75) is 33.3 Å². The van der Waals surface area contributed by atoms with Crippen molar-refractivity contribution < 1.29 is 14.3 Å². The maximum Gasteiger partial charge on any atom is 0.251 e. The molecule has 132 valence electrons. The Balaban J connectivity index is 2.12. The molecule has 1 aliphatic heterocycles. The van der Waals surface area contributed by atoms with E-state index in [4.69, 9.17) is 4.74 Å². The van der Waals surface area contributed by atoms with Crippen molar-refractivity contribution in [3.05, 3.63) is 23.8 Å². The molecule has 1 aromatic carbocycles. The zero-order valence-electron chi connectivity index (χ0n) is 15.1. The Morgan fingerprint density at radius 1 is 1.42 bits per heavy atom. The number of hydrogen-bond acceptors (Lipinski definition) is 4. The lowest BCUT2D eigenvalue weighted by atomic mass is 9.89. The van der Waals surface area contributed by atoms with Crippen LogP contribution in [0.3, 0.4) is 0 Å². The van der Waals surface area contributed by atoms with E-state index in [2.05, 4.69) is 31.4 Å². The summed E-state index contributed by atoms with van der Waals surface area (Å²) in [5, 5.41) is 5.77. The number of ether oxygens (including phenoxy) is 1. The number of fused-ring (bicyclic) bond motifs is 1. The second-order valence-corrected chi connectivity index (χ2v) is 7.25. The topological polar surface area (TPSA) is 70.7 Å². The number of anilines is 2. The summed E-state index contributed by atoms with van der Waals surface area (Å²) in [5.41, 5.74) is 2.05. The van der Waals surface area contributed by atoms with E-state index in [0.29, 0.717) is 30.8 Å². The van der Waals surface area contributed by atoms with Gasteiger partial charge in [0.1, 0.15) is 0 Å². The lowest BCUT2D eigenvalue weighted by Gasteiger charge is -2.29. The SMILES string of the molecule is CO[C@H](CNC(=O)c1ccc2c(c1)NC(=O)CCN2C)C(C)(C)C. The summed E-state index contributed by atoms with van der Waals surface area (Å²) in [6, 6.07) is 5.37. The van der Waals surface area contributed by atoms with Crippen molar-refractivity contribution in [3.63, 3.8) is 0 Å². The first-order chi connectivity index (χ1) is 11.2. The zero-order valence-corrected chi connectivity index (χ0v) is 15.1. The van der Waals surface area contributed by atoms with Gasteiger partial charge in [-0.25, -0.2) is 0 Å². The second-order valence-electron chi connectivity index (χ2n) is 7.25. The van der Waals surface area contributed by atoms with Crippen LogP contribution in [-0.2, 0) is 9.53 Å². The molecular formula is C18H27N3O3. The van der Waals surface area contributed by atoms with Gasteiger partial charge in [-0.3, -0.25) is 9.59 Å². The average molecular weight is 333 g/mol. The van der Waals surface area contributed by atoms with Crippen molar-refractivity contribution in [3.8, 4) is 0 Å². The standard InChI is InChI=1S/C18H27N3O3/c1-18(2,3)15(24-5)11-19-17(23)12-6-7-14-13(10-12)20-16(22)8-9-21(14)4/h6-7,10,15H,8-9,11H2,1-5H3,(H,19,23)(H,20,22)/t15-/m1/s1. The van der Waals surface area contributed by atoms with Crippen LogP contribution in [0.25, 0.3) is 0 Å².